The highest BCUT2D eigenvalue weighted by molar-refractivity contribution is 7.92. The molecule has 0 aliphatic heterocycles. The zero-order valence-electron chi connectivity index (χ0n) is 10.8. The summed E-state index contributed by atoms with van der Waals surface area (Å²) in [6.07, 6.45) is 0. The van der Waals surface area contributed by atoms with Crippen LogP contribution in [0.1, 0.15) is 31.1 Å². The summed E-state index contributed by atoms with van der Waals surface area (Å²) in [5, 5.41) is -0.538. The number of hydrogen-bond acceptors (Lipinski definition) is 4. The molecule has 1 aromatic carbocycles. The van der Waals surface area contributed by atoms with Crippen LogP contribution in [0, 0.1) is 0 Å². The standard InChI is InChI=1S/C13H18O4S/c1-4-17-12-7-5-11(6-8-12)13(14)9-18(15,16)10(2)3/h5-8,10H,4,9H2,1-3H3. The Morgan fingerprint density at radius 3 is 2.22 bits per heavy atom. The summed E-state index contributed by atoms with van der Waals surface area (Å²) >= 11 is 0. The zero-order valence-corrected chi connectivity index (χ0v) is 11.7. The van der Waals surface area contributed by atoms with Gasteiger partial charge in [0.25, 0.3) is 0 Å². The van der Waals surface area contributed by atoms with Crippen LogP contribution in [0.2, 0.25) is 0 Å². The first-order chi connectivity index (χ1) is 8.36. The second-order valence-electron chi connectivity index (χ2n) is 4.24. The number of benzene rings is 1. The quantitative estimate of drug-likeness (QED) is 0.743. The maximum atomic E-state index is 11.8. The van der Waals surface area contributed by atoms with Crippen molar-refractivity contribution in [2.75, 3.05) is 12.4 Å². The van der Waals surface area contributed by atoms with Gasteiger partial charge in [0.15, 0.2) is 15.6 Å². The van der Waals surface area contributed by atoms with E-state index in [4.69, 9.17) is 4.74 Å². The van der Waals surface area contributed by atoms with E-state index < -0.39 is 20.8 Å². The topological polar surface area (TPSA) is 60.4 Å². The number of Topliss-reactive ketones (excluding diaryl/α,β-unsaturated/α-hetero) is 1. The van der Waals surface area contributed by atoms with Gasteiger partial charge in [0.1, 0.15) is 11.5 Å². The first-order valence-corrected chi connectivity index (χ1v) is 7.56. The van der Waals surface area contributed by atoms with Crippen molar-refractivity contribution in [2.45, 2.75) is 26.0 Å². The lowest BCUT2D eigenvalue weighted by Crippen LogP contribution is -2.23. The van der Waals surface area contributed by atoms with E-state index >= 15 is 0 Å². The highest BCUT2D eigenvalue weighted by Gasteiger charge is 2.21. The second kappa shape index (κ2) is 6.00. The van der Waals surface area contributed by atoms with Crippen molar-refractivity contribution in [3.63, 3.8) is 0 Å². The first-order valence-electron chi connectivity index (χ1n) is 5.84. The fourth-order valence-corrected chi connectivity index (χ4v) is 2.20. The number of ether oxygens (including phenoxy) is 1. The van der Waals surface area contributed by atoms with Crippen molar-refractivity contribution >= 4 is 15.6 Å². The Bertz CT molecular complexity index is 500. The number of sulfone groups is 1. The molecule has 5 heteroatoms. The summed E-state index contributed by atoms with van der Waals surface area (Å²) in [6, 6.07) is 6.50. The van der Waals surface area contributed by atoms with Crippen LogP contribution in [0.25, 0.3) is 0 Å². The molecule has 0 saturated carbocycles. The molecule has 0 heterocycles. The Hall–Kier alpha value is -1.36. The van der Waals surface area contributed by atoms with Crippen molar-refractivity contribution in [3.05, 3.63) is 29.8 Å². The van der Waals surface area contributed by atoms with Gasteiger partial charge in [-0.25, -0.2) is 8.42 Å². The molecule has 0 aromatic heterocycles. The SMILES string of the molecule is CCOc1ccc(C(=O)CS(=O)(=O)C(C)C)cc1. The van der Waals surface area contributed by atoms with Crippen LogP contribution >= 0.6 is 0 Å². The molecule has 4 nitrogen and oxygen atoms in total. The minimum absolute atomic E-state index is 0.383. The third-order valence-corrected chi connectivity index (χ3v) is 4.64. The maximum absolute atomic E-state index is 11.8. The molecular weight excluding hydrogens is 252 g/mol. The van der Waals surface area contributed by atoms with E-state index in [9.17, 15) is 13.2 Å². The molecule has 1 aromatic rings. The average molecular weight is 270 g/mol. The Kier molecular flexibility index (Phi) is 4.90. The van der Waals surface area contributed by atoms with Gasteiger partial charge in [-0.15, -0.1) is 0 Å². The van der Waals surface area contributed by atoms with Gasteiger partial charge in [0.2, 0.25) is 0 Å². The fourth-order valence-electron chi connectivity index (χ4n) is 1.34. The van der Waals surface area contributed by atoms with Gasteiger partial charge in [-0.1, -0.05) is 0 Å². The van der Waals surface area contributed by atoms with Crippen molar-refractivity contribution in [2.24, 2.45) is 0 Å². The van der Waals surface area contributed by atoms with Crippen molar-refractivity contribution in [3.8, 4) is 5.75 Å². The lowest BCUT2D eigenvalue weighted by molar-refractivity contribution is 0.102. The Morgan fingerprint density at radius 2 is 1.78 bits per heavy atom. The van der Waals surface area contributed by atoms with Gasteiger partial charge >= 0.3 is 0 Å². The number of ketones is 1. The van der Waals surface area contributed by atoms with Crippen LogP contribution in [0.4, 0.5) is 0 Å². The first kappa shape index (κ1) is 14.7. The monoisotopic (exact) mass is 270 g/mol. The molecule has 0 bridgehead atoms. The molecule has 0 fully saturated rings. The van der Waals surface area contributed by atoms with Crippen LogP contribution in [-0.4, -0.2) is 31.8 Å². The third kappa shape index (κ3) is 3.84. The van der Waals surface area contributed by atoms with Gasteiger partial charge in [-0.3, -0.25) is 4.79 Å². The van der Waals surface area contributed by atoms with E-state index in [1.165, 1.54) is 0 Å². The van der Waals surface area contributed by atoms with Gasteiger partial charge in [0, 0.05) is 5.56 Å². The summed E-state index contributed by atoms with van der Waals surface area (Å²) in [5.74, 6) is -0.161. The molecule has 0 atom stereocenters. The molecule has 0 aliphatic carbocycles. The molecule has 0 saturated heterocycles. The van der Waals surface area contributed by atoms with Crippen LogP contribution in [0.15, 0.2) is 24.3 Å². The average Bonchev–Trinajstić information content (AvgIpc) is 2.29. The van der Waals surface area contributed by atoms with Crippen molar-refractivity contribution < 1.29 is 17.9 Å². The van der Waals surface area contributed by atoms with E-state index in [0.717, 1.165) is 0 Å². The molecule has 0 amide bonds. The highest BCUT2D eigenvalue weighted by Crippen LogP contribution is 2.14. The molecule has 18 heavy (non-hydrogen) atoms. The molecule has 0 spiro atoms. The molecule has 0 radical (unpaired) electrons. The highest BCUT2D eigenvalue weighted by atomic mass is 32.2. The number of carbonyl (C=O) groups excluding carboxylic acids is 1. The lowest BCUT2D eigenvalue weighted by Gasteiger charge is -2.07. The van der Waals surface area contributed by atoms with Gasteiger partial charge in [-0.05, 0) is 45.0 Å². The van der Waals surface area contributed by atoms with E-state index in [2.05, 4.69) is 0 Å². The summed E-state index contributed by atoms with van der Waals surface area (Å²) in [5.41, 5.74) is 0.391. The minimum Gasteiger partial charge on any atom is -0.494 e. The summed E-state index contributed by atoms with van der Waals surface area (Å²) in [7, 11) is -3.35. The summed E-state index contributed by atoms with van der Waals surface area (Å²) in [4.78, 5) is 11.8. The van der Waals surface area contributed by atoms with Crippen LogP contribution in [0.5, 0.6) is 5.75 Å². The molecule has 100 valence electrons. The molecular formula is C13H18O4S. The van der Waals surface area contributed by atoms with E-state index in [1.807, 2.05) is 6.92 Å². The van der Waals surface area contributed by atoms with Crippen LogP contribution in [0.3, 0.4) is 0 Å². The molecule has 1 rings (SSSR count). The van der Waals surface area contributed by atoms with Crippen LogP contribution < -0.4 is 4.74 Å². The predicted molar refractivity (Wildman–Crippen MR) is 70.9 cm³/mol. The third-order valence-electron chi connectivity index (χ3n) is 2.54. The largest absolute Gasteiger partial charge is 0.494 e. The minimum atomic E-state index is -3.35. The Morgan fingerprint density at radius 1 is 1.22 bits per heavy atom. The second-order valence-corrected chi connectivity index (χ2v) is 6.79. The Balaban J connectivity index is 2.79. The van der Waals surface area contributed by atoms with Gasteiger partial charge in [0.05, 0.1) is 11.9 Å². The smallest absolute Gasteiger partial charge is 0.177 e. The van der Waals surface area contributed by atoms with E-state index in [1.54, 1.807) is 38.1 Å². The zero-order chi connectivity index (χ0) is 13.8. The van der Waals surface area contributed by atoms with Crippen molar-refractivity contribution in [1.82, 2.24) is 0 Å². The molecule has 0 N–H and O–H groups in total. The predicted octanol–water partition coefficient (Wildman–Crippen LogP) is 2.09. The number of hydrogen-bond donors (Lipinski definition) is 0. The number of rotatable bonds is 6. The van der Waals surface area contributed by atoms with Crippen molar-refractivity contribution in [1.29, 1.82) is 0 Å². The van der Waals surface area contributed by atoms with Crippen LogP contribution in [-0.2, 0) is 9.84 Å². The van der Waals surface area contributed by atoms with Gasteiger partial charge < -0.3 is 4.74 Å². The number of carbonyl (C=O) groups is 1. The fraction of sp³-hybridized carbons (Fsp3) is 0.462. The van der Waals surface area contributed by atoms with Gasteiger partial charge in [-0.2, -0.15) is 0 Å². The summed E-state index contributed by atoms with van der Waals surface area (Å²) < 4.78 is 28.5. The van der Waals surface area contributed by atoms with E-state index in [-0.39, 0.29) is 5.78 Å². The summed E-state index contributed by atoms with van der Waals surface area (Å²) in [6.45, 7) is 5.56. The maximum Gasteiger partial charge on any atom is 0.177 e. The lowest BCUT2D eigenvalue weighted by atomic mass is 10.1. The Labute approximate surface area is 108 Å². The normalized spacial score (nSPS) is 11.6. The van der Waals surface area contributed by atoms with E-state index in [0.29, 0.717) is 17.9 Å². The molecule has 0 unspecified atom stereocenters. The molecule has 0 aliphatic rings.